The topological polar surface area (TPSA) is 95.2 Å². The first-order valence-corrected chi connectivity index (χ1v) is 6.48. The molecule has 0 aliphatic carbocycles. The van der Waals surface area contributed by atoms with Gasteiger partial charge in [-0.1, -0.05) is 0 Å². The second-order valence-electron chi connectivity index (χ2n) is 4.80. The van der Waals surface area contributed by atoms with E-state index in [1.807, 2.05) is 0 Å². The van der Waals surface area contributed by atoms with Crippen LogP contribution < -0.4 is 5.32 Å². The highest BCUT2D eigenvalue weighted by atomic mass is 19.4. The van der Waals surface area contributed by atoms with E-state index in [2.05, 4.69) is 35.5 Å². The Hall–Kier alpha value is -3.17. The number of hydrogen-bond donors (Lipinski definition) is 3. The Kier molecular flexibility index (Phi) is 2.73. The molecule has 0 aromatic carbocycles. The second-order valence-corrected chi connectivity index (χ2v) is 4.80. The summed E-state index contributed by atoms with van der Waals surface area (Å²) in [6, 6.07) is 1.66. The van der Waals surface area contributed by atoms with Gasteiger partial charge in [0.15, 0.2) is 0 Å². The molecule has 4 rings (SSSR count). The van der Waals surface area contributed by atoms with Gasteiger partial charge < -0.3 is 10.3 Å². The Morgan fingerprint density at radius 1 is 1.09 bits per heavy atom. The van der Waals surface area contributed by atoms with Gasteiger partial charge in [0.2, 0.25) is 0 Å². The molecular formula is C13H8F3N7. The van der Waals surface area contributed by atoms with E-state index in [0.717, 1.165) is 17.1 Å². The number of halogens is 3. The SMILES string of the molecule is FC(F)(F)c1c[nH]c2ncnc(Nc3cc4cn[nH]c4cn3)c12. The van der Waals surface area contributed by atoms with E-state index in [1.54, 1.807) is 12.3 Å². The van der Waals surface area contributed by atoms with E-state index in [1.165, 1.54) is 12.5 Å². The smallest absolute Gasteiger partial charge is 0.345 e. The van der Waals surface area contributed by atoms with Gasteiger partial charge in [0.25, 0.3) is 0 Å². The number of aromatic nitrogens is 6. The van der Waals surface area contributed by atoms with Crippen molar-refractivity contribution in [3.63, 3.8) is 0 Å². The highest BCUT2D eigenvalue weighted by Gasteiger charge is 2.35. The van der Waals surface area contributed by atoms with Crippen molar-refractivity contribution in [3.8, 4) is 0 Å². The minimum atomic E-state index is -4.51. The molecule has 4 aromatic rings. The van der Waals surface area contributed by atoms with E-state index in [9.17, 15) is 13.2 Å². The van der Waals surface area contributed by atoms with Gasteiger partial charge in [0.1, 0.15) is 23.6 Å². The number of hydrogen-bond acceptors (Lipinski definition) is 5. The molecule has 3 N–H and O–H groups in total. The van der Waals surface area contributed by atoms with Gasteiger partial charge in [-0.05, 0) is 6.07 Å². The molecule has 0 radical (unpaired) electrons. The molecule has 23 heavy (non-hydrogen) atoms. The summed E-state index contributed by atoms with van der Waals surface area (Å²) in [7, 11) is 0. The molecular weight excluding hydrogens is 311 g/mol. The first-order valence-electron chi connectivity index (χ1n) is 6.48. The lowest BCUT2D eigenvalue weighted by Gasteiger charge is -2.09. The van der Waals surface area contributed by atoms with Crippen LogP contribution >= 0.6 is 0 Å². The van der Waals surface area contributed by atoms with Gasteiger partial charge in [0.05, 0.1) is 28.9 Å². The number of pyridine rings is 1. The molecule has 4 aromatic heterocycles. The van der Waals surface area contributed by atoms with Gasteiger partial charge in [-0.15, -0.1) is 0 Å². The summed E-state index contributed by atoms with van der Waals surface area (Å²) < 4.78 is 39.3. The molecule has 0 amide bonds. The number of fused-ring (bicyclic) bond motifs is 2. The summed E-state index contributed by atoms with van der Waals surface area (Å²) in [6.07, 6.45) is 0.663. The van der Waals surface area contributed by atoms with Crippen molar-refractivity contribution < 1.29 is 13.2 Å². The Morgan fingerprint density at radius 3 is 2.78 bits per heavy atom. The van der Waals surface area contributed by atoms with Crippen LogP contribution in [0.1, 0.15) is 5.56 Å². The number of aromatic amines is 2. The van der Waals surface area contributed by atoms with Crippen molar-refractivity contribution >= 4 is 33.6 Å². The van der Waals surface area contributed by atoms with Gasteiger partial charge in [-0.3, -0.25) is 5.10 Å². The maximum absolute atomic E-state index is 13.1. The average Bonchev–Trinajstić information content (AvgIpc) is 3.12. The predicted molar refractivity (Wildman–Crippen MR) is 76.1 cm³/mol. The zero-order valence-corrected chi connectivity index (χ0v) is 11.3. The molecule has 7 nitrogen and oxygen atoms in total. The molecule has 0 saturated heterocycles. The third-order valence-corrected chi connectivity index (χ3v) is 3.35. The van der Waals surface area contributed by atoms with Crippen molar-refractivity contribution in [1.29, 1.82) is 0 Å². The Bertz CT molecular complexity index is 1000. The second kappa shape index (κ2) is 4.66. The van der Waals surface area contributed by atoms with Gasteiger partial charge in [0, 0.05) is 11.6 Å². The lowest BCUT2D eigenvalue weighted by atomic mass is 10.2. The summed E-state index contributed by atoms with van der Waals surface area (Å²) >= 11 is 0. The Labute approximate surface area is 126 Å². The monoisotopic (exact) mass is 319 g/mol. The third-order valence-electron chi connectivity index (χ3n) is 3.35. The first-order chi connectivity index (χ1) is 11.0. The molecule has 0 aliphatic heterocycles. The Morgan fingerprint density at radius 2 is 1.96 bits per heavy atom. The van der Waals surface area contributed by atoms with E-state index in [4.69, 9.17) is 0 Å². The molecule has 4 heterocycles. The minimum absolute atomic E-state index is 0.0268. The summed E-state index contributed by atoms with van der Waals surface area (Å²) in [4.78, 5) is 14.4. The van der Waals surface area contributed by atoms with E-state index >= 15 is 0 Å². The molecule has 0 spiro atoms. The van der Waals surface area contributed by atoms with Crippen LogP contribution in [-0.4, -0.2) is 30.1 Å². The largest absolute Gasteiger partial charge is 0.418 e. The molecule has 0 unspecified atom stereocenters. The number of alkyl halides is 3. The molecule has 0 atom stereocenters. The zero-order valence-electron chi connectivity index (χ0n) is 11.3. The van der Waals surface area contributed by atoms with E-state index in [0.29, 0.717) is 5.82 Å². The van der Waals surface area contributed by atoms with Crippen LogP contribution in [0.4, 0.5) is 24.8 Å². The highest BCUT2D eigenvalue weighted by Crippen LogP contribution is 2.37. The first kappa shape index (κ1) is 13.5. The minimum Gasteiger partial charge on any atom is -0.345 e. The molecule has 0 bridgehead atoms. The van der Waals surface area contributed by atoms with Crippen molar-refractivity contribution in [2.24, 2.45) is 0 Å². The molecule has 0 saturated carbocycles. The number of nitrogens with zero attached hydrogens (tertiary/aromatic N) is 4. The van der Waals surface area contributed by atoms with Gasteiger partial charge in [-0.25, -0.2) is 15.0 Å². The van der Waals surface area contributed by atoms with Crippen molar-refractivity contribution in [3.05, 3.63) is 36.5 Å². The van der Waals surface area contributed by atoms with Gasteiger partial charge >= 0.3 is 6.18 Å². The van der Waals surface area contributed by atoms with Gasteiger partial charge in [-0.2, -0.15) is 18.3 Å². The highest BCUT2D eigenvalue weighted by molar-refractivity contribution is 5.92. The standard InChI is InChI=1S/C13H8F3N7/c14-13(15,16)7-3-18-11-10(7)12(20-5-19-11)22-9-1-6-2-21-23-8(6)4-17-9/h1-5H,(H,21,23)(H2,17,18,19,20,22). The van der Waals surface area contributed by atoms with Crippen LogP contribution in [0, 0.1) is 0 Å². The maximum Gasteiger partial charge on any atom is 0.418 e. The van der Waals surface area contributed by atoms with E-state index in [-0.39, 0.29) is 16.9 Å². The summed E-state index contributed by atoms with van der Waals surface area (Å²) in [5, 5.41) is 10.1. The fourth-order valence-electron chi connectivity index (χ4n) is 2.31. The van der Waals surface area contributed by atoms with Crippen molar-refractivity contribution in [2.45, 2.75) is 6.18 Å². The molecule has 10 heteroatoms. The van der Waals surface area contributed by atoms with Crippen LogP contribution in [-0.2, 0) is 6.18 Å². The van der Waals surface area contributed by atoms with Crippen LogP contribution in [0.25, 0.3) is 21.9 Å². The lowest BCUT2D eigenvalue weighted by Crippen LogP contribution is -2.06. The fourth-order valence-corrected chi connectivity index (χ4v) is 2.31. The average molecular weight is 319 g/mol. The quantitative estimate of drug-likeness (QED) is 0.528. The van der Waals surface area contributed by atoms with E-state index < -0.39 is 11.7 Å². The Balaban J connectivity index is 1.83. The van der Waals surface area contributed by atoms with Crippen LogP contribution in [0.5, 0.6) is 0 Å². The summed E-state index contributed by atoms with van der Waals surface area (Å²) in [5.41, 5.74) is -0.0137. The van der Waals surface area contributed by atoms with Crippen LogP contribution in [0.15, 0.2) is 31.0 Å². The van der Waals surface area contributed by atoms with Crippen LogP contribution in [0.2, 0.25) is 0 Å². The molecule has 116 valence electrons. The zero-order chi connectivity index (χ0) is 16.0. The normalized spacial score (nSPS) is 12.1. The molecule has 0 fully saturated rings. The summed E-state index contributed by atoms with van der Waals surface area (Å²) in [5.74, 6) is 0.382. The van der Waals surface area contributed by atoms with Crippen molar-refractivity contribution in [2.75, 3.05) is 5.32 Å². The number of anilines is 2. The maximum atomic E-state index is 13.1. The third kappa shape index (κ3) is 2.24. The number of rotatable bonds is 2. The summed E-state index contributed by atoms with van der Waals surface area (Å²) in [6.45, 7) is 0. The molecule has 0 aliphatic rings. The lowest BCUT2D eigenvalue weighted by molar-refractivity contribution is -0.136. The number of H-pyrrole nitrogens is 2. The van der Waals surface area contributed by atoms with Crippen LogP contribution in [0.3, 0.4) is 0 Å². The predicted octanol–water partition coefficient (Wildman–Crippen LogP) is 2.99. The number of nitrogens with one attached hydrogen (secondary N) is 3. The fraction of sp³-hybridized carbons (Fsp3) is 0.0769. The van der Waals surface area contributed by atoms with Crippen molar-refractivity contribution in [1.82, 2.24) is 30.1 Å².